The van der Waals surface area contributed by atoms with Crippen molar-refractivity contribution in [1.29, 1.82) is 0 Å². The molecule has 2 rings (SSSR count). The molecular formula is C19H21N3O4. The number of hydrogen-bond donors (Lipinski definition) is 1. The van der Waals surface area contributed by atoms with Crippen molar-refractivity contribution in [1.82, 2.24) is 4.90 Å². The molecule has 26 heavy (non-hydrogen) atoms. The summed E-state index contributed by atoms with van der Waals surface area (Å²) in [5.41, 5.74) is 0.818. The van der Waals surface area contributed by atoms with Crippen molar-refractivity contribution < 1.29 is 14.5 Å². The van der Waals surface area contributed by atoms with Crippen molar-refractivity contribution in [2.45, 2.75) is 13.8 Å². The van der Waals surface area contributed by atoms with Crippen LogP contribution < -0.4 is 5.32 Å². The molecule has 7 nitrogen and oxygen atoms in total. The van der Waals surface area contributed by atoms with Crippen LogP contribution in [0.2, 0.25) is 0 Å². The van der Waals surface area contributed by atoms with E-state index in [-0.39, 0.29) is 22.7 Å². The quantitative estimate of drug-likeness (QED) is 0.467. The van der Waals surface area contributed by atoms with Crippen LogP contribution in [0.3, 0.4) is 0 Å². The van der Waals surface area contributed by atoms with Crippen molar-refractivity contribution in [3.8, 4) is 0 Å². The summed E-state index contributed by atoms with van der Waals surface area (Å²) >= 11 is 0. The zero-order valence-electron chi connectivity index (χ0n) is 15.0. The molecule has 0 aliphatic carbocycles. The van der Waals surface area contributed by atoms with Gasteiger partial charge in [-0.15, -0.1) is 0 Å². The lowest BCUT2D eigenvalue weighted by atomic mass is 9.97. The first-order valence-corrected chi connectivity index (χ1v) is 8.33. The molecule has 0 saturated heterocycles. The van der Waals surface area contributed by atoms with Crippen LogP contribution in [0.25, 0.3) is 0 Å². The molecule has 0 heterocycles. The van der Waals surface area contributed by atoms with Gasteiger partial charge in [-0.2, -0.15) is 0 Å². The molecule has 0 spiro atoms. The molecule has 1 N–H and O–H groups in total. The van der Waals surface area contributed by atoms with Gasteiger partial charge in [-0.3, -0.25) is 19.7 Å². The van der Waals surface area contributed by atoms with Gasteiger partial charge in [-0.05, 0) is 32.0 Å². The van der Waals surface area contributed by atoms with Crippen LogP contribution in [0.5, 0.6) is 0 Å². The number of nitro groups is 1. The van der Waals surface area contributed by atoms with Crippen LogP contribution in [0.1, 0.15) is 40.1 Å². The number of amides is 1. The summed E-state index contributed by atoms with van der Waals surface area (Å²) in [6.45, 7) is 4.79. The summed E-state index contributed by atoms with van der Waals surface area (Å²) in [4.78, 5) is 37.9. The van der Waals surface area contributed by atoms with Crippen LogP contribution in [-0.2, 0) is 0 Å². The first-order chi connectivity index (χ1) is 12.4. The molecule has 0 fully saturated rings. The average molecular weight is 355 g/mol. The van der Waals surface area contributed by atoms with Crippen LogP contribution in [0, 0.1) is 10.1 Å². The third-order valence-corrected chi connectivity index (χ3v) is 4.18. The standard InChI is InChI=1S/C19H21N3O4/c1-4-21(5-2)19(24)15-9-7-6-8-14(15)18(23)13-10-11-16(20-3)17(12-13)22(25)26/h6-12,20H,4-5H2,1-3H3. The SMILES string of the molecule is CCN(CC)C(=O)c1ccccc1C(=O)c1ccc(NC)c([N+](=O)[O-])c1. The summed E-state index contributed by atoms with van der Waals surface area (Å²) in [6, 6.07) is 10.8. The minimum atomic E-state index is -0.546. The van der Waals surface area contributed by atoms with Gasteiger partial charge in [0.1, 0.15) is 5.69 Å². The Balaban J connectivity index is 2.50. The highest BCUT2D eigenvalue weighted by atomic mass is 16.6. The highest BCUT2D eigenvalue weighted by Crippen LogP contribution is 2.27. The summed E-state index contributed by atoms with van der Waals surface area (Å²) in [5, 5.41) is 14.0. The summed E-state index contributed by atoms with van der Waals surface area (Å²) in [6.07, 6.45) is 0. The normalized spacial score (nSPS) is 10.3. The lowest BCUT2D eigenvalue weighted by Crippen LogP contribution is -2.31. The summed E-state index contributed by atoms with van der Waals surface area (Å²) in [7, 11) is 1.57. The molecule has 0 atom stereocenters. The molecule has 136 valence electrons. The van der Waals surface area contributed by atoms with Crippen LogP contribution in [-0.4, -0.2) is 41.7 Å². The number of hydrogen-bond acceptors (Lipinski definition) is 5. The molecule has 7 heteroatoms. The number of ketones is 1. The lowest BCUT2D eigenvalue weighted by molar-refractivity contribution is -0.384. The Morgan fingerprint density at radius 3 is 2.23 bits per heavy atom. The molecule has 1 amide bonds. The molecule has 0 aliphatic rings. The van der Waals surface area contributed by atoms with E-state index in [4.69, 9.17) is 0 Å². The Bertz CT molecular complexity index is 844. The molecule has 2 aromatic rings. The van der Waals surface area contributed by atoms with Gasteiger partial charge in [0.05, 0.1) is 10.5 Å². The van der Waals surface area contributed by atoms with Gasteiger partial charge in [0, 0.05) is 37.3 Å². The van der Waals surface area contributed by atoms with Gasteiger partial charge in [0.2, 0.25) is 0 Å². The molecule has 0 aliphatic heterocycles. The molecule has 0 saturated carbocycles. The van der Waals surface area contributed by atoms with Crippen molar-refractivity contribution >= 4 is 23.1 Å². The maximum absolute atomic E-state index is 12.9. The fraction of sp³-hybridized carbons (Fsp3) is 0.263. The minimum Gasteiger partial charge on any atom is -0.383 e. The number of benzene rings is 2. The molecule has 0 radical (unpaired) electrons. The van der Waals surface area contributed by atoms with Gasteiger partial charge in [0.15, 0.2) is 5.78 Å². The predicted molar refractivity (Wildman–Crippen MR) is 99.8 cm³/mol. The molecular weight excluding hydrogens is 334 g/mol. The Kier molecular flexibility index (Phi) is 6.06. The van der Waals surface area contributed by atoms with E-state index in [0.717, 1.165) is 0 Å². The first-order valence-electron chi connectivity index (χ1n) is 8.33. The van der Waals surface area contributed by atoms with Crippen LogP contribution in [0.15, 0.2) is 42.5 Å². The van der Waals surface area contributed by atoms with Crippen molar-refractivity contribution in [3.05, 3.63) is 69.3 Å². The molecule has 2 aromatic carbocycles. The number of carbonyl (C=O) groups is 2. The zero-order valence-corrected chi connectivity index (χ0v) is 15.0. The highest BCUT2D eigenvalue weighted by Gasteiger charge is 2.23. The van der Waals surface area contributed by atoms with Gasteiger partial charge < -0.3 is 10.2 Å². The van der Waals surface area contributed by atoms with E-state index in [1.54, 1.807) is 36.2 Å². The minimum absolute atomic E-state index is 0.162. The molecule has 0 bridgehead atoms. The fourth-order valence-corrected chi connectivity index (χ4v) is 2.74. The zero-order chi connectivity index (χ0) is 19.3. The molecule has 0 unspecified atom stereocenters. The van der Waals surface area contributed by atoms with Crippen molar-refractivity contribution in [2.75, 3.05) is 25.5 Å². The van der Waals surface area contributed by atoms with E-state index in [2.05, 4.69) is 5.32 Å². The smallest absolute Gasteiger partial charge is 0.293 e. The predicted octanol–water partition coefficient (Wildman–Crippen LogP) is 3.35. The second-order valence-electron chi connectivity index (χ2n) is 5.59. The van der Waals surface area contributed by atoms with E-state index >= 15 is 0 Å². The highest BCUT2D eigenvalue weighted by molar-refractivity contribution is 6.15. The number of nitrogens with zero attached hydrogens (tertiary/aromatic N) is 2. The third kappa shape index (κ3) is 3.72. The topological polar surface area (TPSA) is 92.6 Å². The lowest BCUT2D eigenvalue weighted by Gasteiger charge is -2.20. The van der Waals surface area contributed by atoms with E-state index in [9.17, 15) is 19.7 Å². The van der Waals surface area contributed by atoms with E-state index in [1.807, 2.05) is 13.8 Å². The van der Waals surface area contributed by atoms with Gasteiger partial charge in [0.25, 0.3) is 11.6 Å². The van der Waals surface area contributed by atoms with Crippen LogP contribution >= 0.6 is 0 Å². The monoisotopic (exact) mass is 355 g/mol. The van der Waals surface area contributed by atoms with Crippen molar-refractivity contribution in [2.24, 2.45) is 0 Å². The van der Waals surface area contributed by atoms with Gasteiger partial charge in [-0.1, -0.05) is 18.2 Å². The average Bonchev–Trinajstić information content (AvgIpc) is 2.67. The third-order valence-electron chi connectivity index (χ3n) is 4.18. The Labute approximate surface area is 151 Å². The maximum Gasteiger partial charge on any atom is 0.293 e. The van der Waals surface area contributed by atoms with Crippen molar-refractivity contribution in [3.63, 3.8) is 0 Å². The van der Waals surface area contributed by atoms with E-state index in [1.165, 1.54) is 18.2 Å². The number of carbonyl (C=O) groups excluding carboxylic acids is 2. The fourth-order valence-electron chi connectivity index (χ4n) is 2.74. The number of nitro benzene ring substituents is 1. The van der Waals surface area contributed by atoms with Crippen LogP contribution in [0.4, 0.5) is 11.4 Å². The second kappa shape index (κ2) is 8.24. The van der Waals surface area contributed by atoms with E-state index < -0.39 is 10.7 Å². The maximum atomic E-state index is 12.9. The first kappa shape index (κ1) is 19.1. The number of nitrogens with one attached hydrogen (secondary N) is 1. The number of rotatable bonds is 7. The summed E-state index contributed by atoms with van der Waals surface area (Å²) < 4.78 is 0. The Morgan fingerprint density at radius 2 is 1.69 bits per heavy atom. The van der Waals surface area contributed by atoms with Gasteiger partial charge in [-0.25, -0.2) is 0 Å². The second-order valence-corrected chi connectivity index (χ2v) is 5.59. The Hall–Kier alpha value is -3.22. The molecule has 0 aromatic heterocycles. The number of anilines is 1. The van der Waals surface area contributed by atoms with Gasteiger partial charge >= 0.3 is 0 Å². The van der Waals surface area contributed by atoms with E-state index in [0.29, 0.717) is 24.3 Å². The largest absolute Gasteiger partial charge is 0.383 e. The summed E-state index contributed by atoms with van der Waals surface area (Å²) in [5.74, 6) is -0.660. The Morgan fingerprint density at radius 1 is 1.08 bits per heavy atom.